The highest BCUT2D eigenvalue weighted by molar-refractivity contribution is 5.80. The summed E-state index contributed by atoms with van der Waals surface area (Å²) < 4.78 is 1.83. The maximum absolute atomic E-state index is 5.92. The van der Waals surface area contributed by atoms with Crippen molar-refractivity contribution < 1.29 is 0 Å². The second-order valence-corrected chi connectivity index (χ2v) is 6.64. The molecule has 1 aliphatic carbocycles. The van der Waals surface area contributed by atoms with Gasteiger partial charge in [-0.25, -0.2) is 9.50 Å². The second kappa shape index (κ2) is 6.51. The molecule has 1 aliphatic rings. The predicted molar refractivity (Wildman–Crippen MR) is 97.9 cm³/mol. The molecule has 24 heavy (non-hydrogen) atoms. The molecule has 1 fully saturated rings. The molecule has 0 aromatic carbocycles. The van der Waals surface area contributed by atoms with Gasteiger partial charge in [-0.2, -0.15) is 5.10 Å². The van der Waals surface area contributed by atoms with Crippen LogP contribution in [0.15, 0.2) is 42.7 Å². The van der Waals surface area contributed by atoms with Crippen LogP contribution < -0.4 is 11.1 Å². The molecule has 0 unspecified atom stereocenters. The van der Waals surface area contributed by atoms with Crippen molar-refractivity contribution in [1.82, 2.24) is 14.6 Å². The van der Waals surface area contributed by atoms with E-state index in [9.17, 15) is 0 Å². The highest BCUT2D eigenvalue weighted by Gasteiger charge is 2.14. The Balaban J connectivity index is 1.56. The van der Waals surface area contributed by atoms with E-state index < -0.39 is 0 Å². The zero-order chi connectivity index (χ0) is 16.4. The smallest absolute Gasteiger partial charge is 0.126 e. The van der Waals surface area contributed by atoms with E-state index in [0.29, 0.717) is 0 Å². The van der Waals surface area contributed by atoms with Crippen LogP contribution in [-0.4, -0.2) is 21.1 Å². The Morgan fingerprint density at radius 2 is 2.04 bits per heavy atom. The Kier molecular flexibility index (Phi) is 4.07. The number of nitrogens with two attached hydrogens (primary N) is 1. The molecule has 0 spiro atoms. The highest BCUT2D eigenvalue weighted by Crippen LogP contribution is 2.26. The van der Waals surface area contributed by atoms with Gasteiger partial charge < -0.3 is 11.1 Å². The van der Waals surface area contributed by atoms with Crippen molar-refractivity contribution in [2.24, 2.45) is 5.92 Å². The Morgan fingerprint density at radius 1 is 1.17 bits per heavy atom. The molecule has 3 N–H and O–H groups in total. The van der Waals surface area contributed by atoms with Gasteiger partial charge in [0.1, 0.15) is 5.82 Å². The summed E-state index contributed by atoms with van der Waals surface area (Å²) in [6.07, 6.45) is 10.5. The van der Waals surface area contributed by atoms with E-state index >= 15 is 0 Å². The van der Waals surface area contributed by atoms with Crippen LogP contribution in [0.3, 0.4) is 0 Å². The molecule has 0 aliphatic heterocycles. The van der Waals surface area contributed by atoms with Crippen LogP contribution in [0.2, 0.25) is 0 Å². The lowest BCUT2D eigenvalue weighted by Gasteiger charge is -2.22. The summed E-state index contributed by atoms with van der Waals surface area (Å²) in [4.78, 5) is 4.77. The van der Waals surface area contributed by atoms with E-state index in [1.165, 1.54) is 32.1 Å². The van der Waals surface area contributed by atoms with Gasteiger partial charge in [-0.3, -0.25) is 0 Å². The molecule has 4 rings (SSSR count). The number of anilines is 2. The predicted octanol–water partition coefficient (Wildman–Crippen LogP) is 3.97. The molecule has 124 valence electrons. The lowest BCUT2D eigenvalue weighted by atomic mass is 9.89. The molecular formula is C19H23N5. The molecule has 3 aromatic heterocycles. The van der Waals surface area contributed by atoms with E-state index in [1.807, 2.05) is 47.2 Å². The number of nitrogen functional groups attached to an aromatic ring is 1. The van der Waals surface area contributed by atoms with E-state index in [1.54, 1.807) is 0 Å². The van der Waals surface area contributed by atoms with E-state index in [2.05, 4.69) is 10.4 Å². The van der Waals surface area contributed by atoms with Crippen LogP contribution in [0, 0.1) is 5.92 Å². The second-order valence-electron chi connectivity index (χ2n) is 6.64. The summed E-state index contributed by atoms with van der Waals surface area (Å²) in [7, 11) is 0. The first-order valence-electron chi connectivity index (χ1n) is 8.74. The fraction of sp³-hybridized carbons (Fsp3) is 0.368. The maximum atomic E-state index is 5.92. The normalized spacial score (nSPS) is 15.7. The van der Waals surface area contributed by atoms with Crippen molar-refractivity contribution in [3.05, 3.63) is 42.7 Å². The lowest BCUT2D eigenvalue weighted by molar-refractivity contribution is 0.373. The lowest BCUT2D eigenvalue weighted by Crippen LogP contribution is -2.17. The van der Waals surface area contributed by atoms with Crippen molar-refractivity contribution >= 4 is 17.0 Å². The van der Waals surface area contributed by atoms with Crippen LogP contribution in [0.5, 0.6) is 0 Å². The van der Waals surface area contributed by atoms with Crippen molar-refractivity contribution in [3.63, 3.8) is 0 Å². The Morgan fingerprint density at radius 3 is 2.92 bits per heavy atom. The molecule has 3 heterocycles. The van der Waals surface area contributed by atoms with Gasteiger partial charge in [0, 0.05) is 24.0 Å². The largest absolute Gasteiger partial charge is 0.399 e. The van der Waals surface area contributed by atoms with Gasteiger partial charge in [-0.1, -0.05) is 25.3 Å². The topological polar surface area (TPSA) is 68.2 Å². The minimum absolute atomic E-state index is 0.732. The SMILES string of the molecule is Nc1ccn2ncc(-c3cccc(NCC4CCCCC4)n3)c2c1. The third-order valence-corrected chi connectivity index (χ3v) is 4.87. The molecule has 0 saturated heterocycles. The first-order valence-corrected chi connectivity index (χ1v) is 8.74. The first kappa shape index (κ1) is 15.0. The fourth-order valence-electron chi connectivity index (χ4n) is 3.52. The average molecular weight is 321 g/mol. The number of pyridine rings is 2. The molecule has 0 bridgehead atoms. The van der Waals surface area contributed by atoms with Crippen LogP contribution in [0.1, 0.15) is 32.1 Å². The number of nitrogens with one attached hydrogen (secondary N) is 1. The number of nitrogens with zero attached hydrogens (tertiary/aromatic N) is 3. The summed E-state index contributed by atoms with van der Waals surface area (Å²) in [5, 5.41) is 7.90. The third kappa shape index (κ3) is 3.07. The molecule has 1 saturated carbocycles. The summed E-state index contributed by atoms with van der Waals surface area (Å²) in [6, 6.07) is 9.88. The van der Waals surface area contributed by atoms with Gasteiger partial charge in [0.25, 0.3) is 0 Å². The van der Waals surface area contributed by atoms with Crippen molar-refractivity contribution in [1.29, 1.82) is 0 Å². The van der Waals surface area contributed by atoms with Gasteiger partial charge in [-0.05, 0) is 43.0 Å². The number of hydrogen-bond donors (Lipinski definition) is 2. The molecule has 0 amide bonds. The van der Waals surface area contributed by atoms with Gasteiger partial charge in [0.2, 0.25) is 0 Å². The summed E-state index contributed by atoms with van der Waals surface area (Å²) in [5.74, 6) is 1.71. The summed E-state index contributed by atoms with van der Waals surface area (Å²) >= 11 is 0. The minimum atomic E-state index is 0.732. The van der Waals surface area contributed by atoms with Crippen LogP contribution in [0.4, 0.5) is 11.5 Å². The van der Waals surface area contributed by atoms with E-state index in [0.717, 1.165) is 40.7 Å². The molecule has 3 aromatic rings. The fourth-order valence-corrected chi connectivity index (χ4v) is 3.52. The molecule has 0 radical (unpaired) electrons. The van der Waals surface area contributed by atoms with Gasteiger partial charge >= 0.3 is 0 Å². The standard InChI is InChI=1S/C19H23N5/c20-15-9-10-24-18(11-15)16(13-22-24)17-7-4-8-19(23-17)21-12-14-5-2-1-3-6-14/h4,7-11,13-14H,1-3,5-6,12,20H2,(H,21,23). The number of fused-ring (bicyclic) bond motifs is 1. The van der Waals surface area contributed by atoms with E-state index in [-0.39, 0.29) is 0 Å². The van der Waals surface area contributed by atoms with Crippen molar-refractivity contribution in [2.75, 3.05) is 17.6 Å². The zero-order valence-corrected chi connectivity index (χ0v) is 13.8. The average Bonchev–Trinajstić information content (AvgIpc) is 3.04. The monoisotopic (exact) mass is 321 g/mol. The molecular weight excluding hydrogens is 298 g/mol. The Bertz CT molecular complexity index is 833. The number of hydrogen-bond acceptors (Lipinski definition) is 4. The summed E-state index contributed by atoms with van der Waals surface area (Å²) in [6.45, 7) is 1.01. The maximum Gasteiger partial charge on any atom is 0.126 e. The zero-order valence-electron chi connectivity index (χ0n) is 13.8. The molecule has 5 nitrogen and oxygen atoms in total. The molecule has 5 heteroatoms. The van der Waals surface area contributed by atoms with Gasteiger partial charge in [0.05, 0.1) is 17.4 Å². The van der Waals surface area contributed by atoms with E-state index in [4.69, 9.17) is 10.7 Å². The van der Waals surface area contributed by atoms with Crippen molar-refractivity contribution in [2.45, 2.75) is 32.1 Å². The van der Waals surface area contributed by atoms with Crippen LogP contribution >= 0.6 is 0 Å². The number of rotatable bonds is 4. The number of aromatic nitrogens is 3. The van der Waals surface area contributed by atoms with Gasteiger partial charge in [0.15, 0.2) is 0 Å². The van der Waals surface area contributed by atoms with Crippen molar-refractivity contribution in [3.8, 4) is 11.3 Å². The Hall–Kier alpha value is -2.56. The quantitative estimate of drug-likeness (QED) is 0.763. The van der Waals surface area contributed by atoms with Crippen LogP contribution in [-0.2, 0) is 0 Å². The summed E-state index contributed by atoms with van der Waals surface area (Å²) in [5.41, 5.74) is 9.55. The molecule has 0 atom stereocenters. The Labute approximate surface area is 141 Å². The van der Waals surface area contributed by atoms with Gasteiger partial charge in [-0.15, -0.1) is 0 Å². The minimum Gasteiger partial charge on any atom is -0.399 e. The highest BCUT2D eigenvalue weighted by atomic mass is 15.2. The first-order chi connectivity index (χ1) is 11.8. The third-order valence-electron chi connectivity index (χ3n) is 4.87. The van der Waals surface area contributed by atoms with Crippen LogP contribution in [0.25, 0.3) is 16.8 Å².